The van der Waals surface area contributed by atoms with Gasteiger partial charge in [0, 0.05) is 11.3 Å². The second kappa shape index (κ2) is 2.96. The average molecular weight is 180 g/mol. The summed E-state index contributed by atoms with van der Waals surface area (Å²) in [6, 6.07) is 0. The molecule has 2 aliphatic carbocycles. The van der Waals surface area contributed by atoms with Gasteiger partial charge in [-0.05, 0) is 12.8 Å². The van der Waals surface area contributed by atoms with E-state index in [9.17, 15) is 10.2 Å². The number of aliphatic hydroxyl groups is 2. The van der Waals surface area contributed by atoms with Crippen molar-refractivity contribution >= 4 is 0 Å². The van der Waals surface area contributed by atoms with Crippen LogP contribution in [0.15, 0.2) is 24.3 Å². The molecule has 0 radical (unpaired) electrons. The molecule has 0 aromatic heterocycles. The predicted molar refractivity (Wildman–Crippen MR) is 51.1 cm³/mol. The van der Waals surface area contributed by atoms with Gasteiger partial charge in [0.15, 0.2) is 0 Å². The zero-order chi connectivity index (χ0) is 9.47. The first kappa shape index (κ1) is 8.97. The molecule has 2 heteroatoms. The molecule has 0 saturated carbocycles. The Bertz CT molecular complexity index is 257. The highest BCUT2D eigenvalue weighted by Gasteiger charge is 2.44. The highest BCUT2D eigenvalue weighted by atomic mass is 16.3. The number of hydrogen-bond donors (Lipinski definition) is 2. The molecule has 0 amide bonds. The van der Waals surface area contributed by atoms with Crippen LogP contribution in [-0.4, -0.2) is 22.4 Å². The molecule has 0 spiro atoms. The van der Waals surface area contributed by atoms with Gasteiger partial charge in [0.2, 0.25) is 0 Å². The second-order valence-corrected chi connectivity index (χ2v) is 4.34. The fraction of sp³-hybridized carbons (Fsp3) is 0.636. The Morgan fingerprint density at radius 1 is 1.23 bits per heavy atom. The molecular weight excluding hydrogens is 164 g/mol. The molecule has 2 nitrogen and oxygen atoms in total. The highest BCUT2D eigenvalue weighted by Crippen LogP contribution is 2.45. The largest absolute Gasteiger partial charge is 0.389 e. The van der Waals surface area contributed by atoms with Gasteiger partial charge < -0.3 is 10.2 Å². The van der Waals surface area contributed by atoms with Gasteiger partial charge in [-0.1, -0.05) is 31.2 Å². The van der Waals surface area contributed by atoms with Gasteiger partial charge in [-0.15, -0.1) is 0 Å². The van der Waals surface area contributed by atoms with E-state index < -0.39 is 12.2 Å². The lowest BCUT2D eigenvalue weighted by Gasteiger charge is -2.46. The van der Waals surface area contributed by atoms with Crippen molar-refractivity contribution in [1.82, 2.24) is 0 Å². The Balaban J connectivity index is 2.34. The van der Waals surface area contributed by atoms with Crippen molar-refractivity contribution in [3.63, 3.8) is 0 Å². The molecule has 2 rings (SSSR count). The van der Waals surface area contributed by atoms with Crippen molar-refractivity contribution in [2.45, 2.75) is 32.0 Å². The van der Waals surface area contributed by atoms with Crippen LogP contribution in [0, 0.1) is 11.3 Å². The van der Waals surface area contributed by atoms with Gasteiger partial charge in [0.05, 0.1) is 12.2 Å². The minimum atomic E-state index is -0.411. The van der Waals surface area contributed by atoms with Gasteiger partial charge >= 0.3 is 0 Å². The average Bonchev–Trinajstić information content (AvgIpc) is 2.12. The van der Waals surface area contributed by atoms with E-state index in [1.54, 1.807) is 12.2 Å². The topological polar surface area (TPSA) is 40.5 Å². The monoisotopic (exact) mass is 180 g/mol. The summed E-state index contributed by atoms with van der Waals surface area (Å²) in [5.74, 6) is 0.178. The number of rotatable bonds is 0. The van der Waals surface area contributed by atoms with Gasteiger partial charge in [0.25, 0.3) is 0 Å². The first-order chi connectivity index (χ1) is 6.14. The van der Waals surface area contributed by atoms with E-state index in [2.05, 4.69) is 19.1 Å². The molecule has 0 fully saturated rings. The van der Waals surface area contributed by atoms with E-state index in [1.165, 1.54) is 0 Å². The van der Waals surface area contributed by atoms with Gasteiger partial charge in [0.1, 0.15) is 0 Å². The fourth-order valence-corrected chi connectivity index (χ4v) is 2.44. The van der Waals surface area contributed by atoms with Crippen LogP contribution in [0.1, 0.15) is 19.8 Å². The molecule has 0 saturated heterocycles. The number of allylic oxidation sites excluding steroid dienone is 2. The SMILES string of the molecule is CC12CC=CCC1C(O)C=CC2O. The molecule has 0 bridgehead atoms. The summed E-state index contributed by atoms with van der Waals surface area (Å²) in [5.41, 5.74) is -0.164. The second-order valence-electron chi connectivity index (χ2n) is 4.34. The maximum Gasteiger partial charge on any atom is 0.0782 e. The molecule has 0 aromatic rings. The van der Waals surface area contributed by atoms with Crippen LogP contribution in [0.25, 0.3) is 0 Å². The summed E-state index contributed by atoms with van der Waals surface area (Å²) in [5, 5.41) is 19.6. The van der Waals surface area contributed by atoms with E-state index in [-0.39, 0.29) is 11.3 Å². The van der Waals surface area contributed by atoms with Gasteiger partial charge in [-0.25, -0.2) is 0 Å². The number of hydrogen-bond acceptors (Lipinski definition) is 2. The molecule has 0 heterocycles. The number of fused-ring (bicyclic) bond motifs is 1. The quantitative estimate of drug-likeness (QED) is 0.551. The molecule has 13 heavy (non-hydrogen) atoms. The molecular formula is C11H16O2. The summed E-state index contributed by atoms with van der Waals surface area (Å²) < 4.78 is 0. The Hall–Kier alpha value is -0.600. The van der Waals surface area contributed by atoms with Crippen LogP contribution in [0.3, 0.4) is 0 Å². The Kier molecular flexibility index (Phi) is 2.05. The first-order valence-corrected chi connectivity index (χ1v) is 4.84. The maximum atomic E-state index is 9.85. The van der Waals surface area contributed by atoms with Crippen LogP contribution >= 0.6 is 0 Å². The van der Waals surface area contributed by atoms with Crippen molar-refractivity contribution in [2.75, 3.05) is 0 Å². The van der Waals surface area contributed by atoms with Crippen molar-refractivity contribution in [2.24, 2.45) is 11.3 Å². The van der Waals surface area contributed by atoms with E-state index in [0.29, 0.717) is 0 Å². The third kappa shape index (κ3) is 1.25. The molecule has 72 valence electrons. The van der Waals surface area contributed by atoms with Crippen LogP contribution in [-0.2, 0) is 0 Å². The minimum absolute atomic E-state index is 0.164. The highest BCUT2D eigenvalue weighted by molar-refractivity contribution is 5.16. The zero-order valence-corrected chi connectivity index (χ0v) is 7.85. The molecule has 0 aliphatic heterocycles. The first-order valence-electron chi connectivity index (χ1n) is 4.84. The third-order valence-electron chi connectivity index (χ3n) is 3.54. The lowest BCUT2D eigenvalue weighted by atomic mass is 9.62. The van der Waals surface area contributed by atoms with E-state index in [1.807, 2.05) is 0 Å². The summed E-state index contributed by atoms with van der Waals surface area (Å²) in [6.45, 7) is 2.05. The van der Waals surface area contributed by atoms with Crippen LogP contribution in [0.4, 0.5) is 0 Å². The lowest BCUT2D eigenvalue weighted by Crippen LogP contribution is -2.47. The predicted octanol–water partition coefficient (Wildman–Crippen LogP) is 1.25. The maximum absolute atomic E-state index is 9.85. The fourth-order valence-electron chi connectivity index (χ4n) is 2.44. The molecule has 4 atom stereocenters. The molecule has 4 unspecified atom stereocenters. The van der Waals surface area contributed by atoms with Crippen molar-refractivity contribution in [1.29, 1.82) is 0 Å². The van der Waals surface area contributed by atoms with Gasteiger partial charge in [-0.2, -0.15) is 0 Å². The van der Waals surface area contributed by atoms with E-state index in [0.717, 1.165) is 12.8 Å². The normalized spacial score (nSPS) is 49.0. The van der Waals surface area contributed by atoms with Crippen LogP contribution in [0.2, 0.25) is 0 Å². The number of aliphatic hydroxyl groups excluding tert-OH is 2. The zero-order valence-electron chi connectivity index (χ0n) is 7.85. The molecule has 2 aliphatic rings. The summed E-state index contributed by atoms with van der Waals surface area (Å²) in [6.07, 6.45) is 8.58. The summed E-state index contributed by atoms with van der Waals surface area (Å²) >= 11 is 0. The van der Waals surface area contributed by atoms with Crippen molar-refractivity contribution in [3.8, 4) is 0 Å². The Labute approximate surface area is 78.6 Å². The summed E-state index contributed by atoms with van der Waals surface area (Å²) in [7, 11) is 0. The summed E-state index contributed by atoms with van der Waals surface area (Å²) in [4.78, 5) is 0. The minimum Gasteiger partial charge on any atom is -0.389 e. The smallest absolute Gasteiger partial charge is 0.0782 e. The van der Waals surface area contributed by atoms with E-state index >= 15 is 0 Å². The molecule has 2 N–H and O–H groups in total. The lowest BCUT2D eigenvalue weighted by molar-refractivity contribution is -0.0356. The van der Waals surface area contributed by atoms with Gasteiger partial charge in [-0.3, -0.25) is 0 Å². The van der Waals surface area contributed by atoms with Crippen molar-refractivity contribution in [3.05, 3.63) is 24.3 Å². The third-order valence-corrected chi connectivity index (χ3v) is 3.54. The molecule has 0 aromatic carbocycles. The van der Waals surface area contributed by atoms with Crippen LogP contribution < -0.4 is 0 Å². The standard InChI is InChI=1S/C11H16O2/c1-11-7-3-2-4-8(11)9(12)5-6-10(11)13/h2-3,5-6,8-10,12-13H,4,7H2,1H3. The Morgan fingerprint density at radius 3 is 2.69 bits per heavy atom. The van der Waals surface area contributed by atoms with Crippen LogP contribution in [0.5, 0.6) is 0 Å². The van der Waals surface area contributed by atoms with E-state index in [4.69, 9.17) is 0 Å². The van der Waals surface area contributed by atoms with Crippen molar-refractivity contribution < 1.29 is 10.2 Å². The Morgan fingerprint density at radius 2 is 2.00 bits per heavy atom.